The second-order valence-corrected chi connectivity index (χ2v) is 7.49. The summed E-state index contributed by atoms with van der Waals surface area (Å²) < 4.78 is 7.42. The predicted molar refractivity (Wildman–Crippen MR) is 99.4 cm³/mol. The van der Waals surface area contributed by atoms with Crippen molar-refractivity contribution in [3.63, 3.8) is 0 Å². The fraction of sp³-hybridized carbons (Fsp3) is 0.579. The molecule has 4 rings (SSSR count). The Hall–Kier alpha value is -2.48. The number of hydrogen-bond donors (Lipinski definition) is 0. The van der Waals surface area contributed by atoms with Crippen LogP contribution in [0.15, 0.2) is 18.5 Å². The highest BCUT2D eigenvalue weighted by Crippen LogP contribution is 2.31. The Labute approximate surface area is 158 Å². The first-order chi connectivity index (χ1) is 13.1. The second kappa shape index (κ2) is 7.26. The Bertz CT molecular complexity index is 856. The number of fused-ring (bicyclic) bond motifs is 1. The zero-order valence-electron chi connectivity index (χ0n) is 15.8. The maximum atomic E-state index is 13.1. The number of likely N-dealkylation sites (N-methyl/N-ethyl adjacent to an activating group) is 1. The highest BCUT2D eigenvalue weighted by Gasteiger charge is 2.34. The lowest BCUT2D eigenvalue weighted by Gasteiger charge is -2.35. The van der Waals surface area contributed by atoms with E-state index in [0.717, 1.165) is 23.9 Å². The van der Waals surface area contributed by atoms with E-state index in [4.69, 9.17) is 4.74 Å². The van der Waals surface area contributed by atoms with Crippen molar-refractivity contribution in [3.05, 3.63) is 24.0 Å². The lowest BCUT2D eigenvalue weighted by atomic mass is 10.1. The van der Waals surface area contributed by atoms with Crippen molar-refractivity contribution in [3.8, 4) is 0 Å². The summed E-state index contributed by atoms with van der Waals surface area (Å²) in [6, 6.07) is 1.63. The molecule has 27 heavy (non-hydrogen) atoms. The average molecular weight is 371 g/mol. The van der Waals surface area contributed by atoms with Gasteiger partial charge in [0.2, 0.25) is 5.91 Å². The standard InChI is InChI=1S/C19H25N5O3/c1-22(2)19(26)16-12-27-8-7-23(16)18(25)14-9-13-11-21-24(17(13)20-10-14)15-5-3-4-6-15/h9-11,15-16H,3-8,12H2,1-2H3. The Morgan fingerprint density at radius 2 is 2.00 bits per heavy atom. The number of amides is 2. The Morgan fingerprint density at radius 3 is 2.74 bits per heavy atom. The monoisotopic (exact) mass is 371 g/mol. The number of carbonyl (C=O) groups is 2. The normalized spacial score (nSPS) is 21.0. The highest BCUT2D eigenvalue weighted by molar-refractivity contribution is 5.99. The Kier molecular flexibility index (Phi) is 4.82. The van der Waals surface area contributed by atoms with Crippen LogP contribution in [0, 0.1) is 0 Å². The van der Waals surface area contributed by atoms with Crippen LogP contribution in [0.2, 0.25) is 0 Å². The molecule has 1 aliphatic carbocycles. The molecule has 2 aliphatic rings. The molecule has 1 aliphatic heterocycles. The van der Waals surface area contributed by atoms with Gasteiger partial charge in [-0.2, -0.15) is 5.10 Å². The average Bonchev–Trinajstić information content (AvgIpc) is 3.35. The minimum absolute atomic E-state index is 0.133. The molecule has 8 heteroatoms. The van der Waals surface area contributed by atoms with Crippen LogP contribution < -0.4 is 0 Å². The quantitative estimate of drug-likeness (QED) is 0.816. The van der Waals surface area contributed by atoms with E-state index in [9.17, 15) is 9.59 Å². The van der Waals surface area contributed by atoms with Crippen LogP contribution in [-0.4, -0.2) is 76.3 Å². The molecule has 0 aromatic carbocycles. The van der Waals surface area contributed by atoms with Gasteiger partial charge in [-0.25, -0.2) is 9.67 Å². The van der Waals surface area contributed by atoms with Crippen molar-refractivity contribution in [1.82, 2.24) is 24.6 Å². The lowest BCUT2D eigenvalue weighted by Crippen LogP contribution is -2.55. The van der Waals surface area contributed by atoms with E-state index in [0.29, 0.717) is 24.8 Å². The molecule has 1 atom stereocenters. The summed E-state index contributed by atoms with van der Waals surface area (Å²) >= 11 is 0. The summed E-state index contributed by atoms with van der Waals surface area (Å²) in [7, 11) is 3.37. The van der Waals surface area contributed by atoms with E-state index in [1.54, 1.807) is 31.4 Å². The third-order valence-electron chi connectivity index (χ3n) is 5.47. The van der Waals surface area contributed by atoms with Crippen molar-refractivity contribution in [2.75, 3.05) is 33.9 Å². The largest absolute Gasteiger partial charge is 0.377 e. The van der Waals surface area contributed by atoms with Crippen molar-refractivity contribution in [2.45, 2.75) is 37.8 Å². The van der Waals surface area contributed by atoms with Gasteiger partial charge in [0.1, 0.15) is 6.04 Å². The minimum Gasteiger partial charge on any atom is -0.377 e. The predicted octanol–water partition coefficient (Wildman–Crippen LogP) is 1.48. The van der Waals surface area contributed by atoms with Gasteiger partial charge in [-0.15, -0.1) is 0 Å². The van der Waals surface area contributed by atoms with E-state index in [1.165, 1.54) is 17.7 Å². The Morgan fingerprint density at radius 1 is 1.22 bits per heavy atom. The number of carbonyl (C=O) groups excluding carboxylic acids is 2. The number of aromatic nitrogens is 3. The van der Waals surface area contributed by atoms with E-state index >= 15 is 0 Å². The topological polar surface area (TPSA) is 80.6 Å². The number of morpholine rings is 1. The van der Waals surface area contributed by atoms with E-state index in [2.05, 4.69) is 10.1 Å². The molecule has 8 nitrogen and oxygen atoms in total. The molecular formula is C19H25N5O3. The summed E-state index contributed by atoms with van der Waals surface area (Å²) in [5, 5.41) is 5.36. The zero-order chi connectivity index (χ0) is 19.0. The van der Waals surface area contributed by atoms with E-state index in [-0.39, 0.29) is 18.4 Å². The molecule has 1 saturated carbocycles. The van der Waals surface area contributed by atoms with E-state index in [1.807, 2.05) is 10.7 Å². The smallest absolute Gasteiger partial charge is 0.256 e. The van der Waals surface area contributed by atoms with Crippen LogP contribution in [0.1, 0.15) is 42.1 Å². The third-order valence-corrected chi connectivity index (χ3v) is 5.47. The molecule has 2 aromatic rings. The van der Waals surface area contributed by atoms with Crippen molar-refractivity contribution < 1.29 is 14.3 Å². The summed E-state index contributed by atoms with van der Waals surface area (Å²) in [5.41, 5.74) is 1.30. The van der Waals surface area contributed by atoms with Crippen molar-refractivity contribution >= 4 is 22.8 Å². The first kappa shape index (κ1) is 17.9. The van der Waals surface area contributed by atoms with Gasteiger partial charge in [0.05, 0.1) is 31.0 Å². The summed E-state index contributed by atoms with van der Waals surface area (Å²) in [6.45, 7) is 1.04. The van der Waals surface area contributed by atoms with Crippen LogP contribution in [0.3, 0.4) is 0 Å². The molecule has 1 unspecified atom stereocenters. The number of pyridine rings is 1. The fourth-order valence-electron chi connectivity index (χ4n) is 3.99. The Balaban J connectivity index is 1.61. The molecule has 0 spiro atoms. The first-order valence-electron chi connectivity index (χ1n) is 9.49. The van der Waals surface area contributed by atoms with Crippen LogP contribution in [0.25, 0.3) is 11.0 Å². The molecule has 0 radical (unpaired) electrons. The van der Waals surface area contributed by atoms with Crippen molar-refractivity contribution in [2.24, 2.45) is 0 Å². The van der Waals surface area contributed by atoms with E-state index < -0.39 is 6.04 Å². The first-order valence-corrected chi connectivity index (χ1v) is 9.49. The SMILES string of the molecule is CN(C)C(=O)C1COCCN1C(=O)c1cnc2c(cnn2C2CCCC2)c1. The van der Waals surface area contributed by atoms with Gasteiger partial charge in [-0.3, -0.25) is 9.59 Å². The molecule has 0 bridgehead atoms. The minimum atomic E-state index is -0.599. The fourth-order valence-corrected chi connectivity index (χ4v) is 3.99. The van der Waals surface area contributed by atoms with Gasteiger partial charge < -0.3 is 14.5 Å². The van der Waals surface area contributed by atoms with Crippen LogP contribution >= 0.6 is 0 Å². The summed E-state index contributed by atoms with van der Waals surface area (Å²) in [5.74, 6) is -0.326. The maximum Gasteiger partial charge on any atom is 0.256 e. The summed E-state index contributed by atoms with van der Waals surface area (Å²) in [4.78, 5) is 33.1. The highest BCUT2D eigenvalue weighted by atomic mass is 16.5. The van der Waals surface area contributed by atoms with Crippen LogP contribution in [-0.2, 0) is 9.53 Å². The van der Waals surface area contributed by atoms with Crippen LogP contribution in [0.4, 0.5) is 0 Å². The van der Waals surface area contributed by atoms with Crippen molar-refractivity contribution in [1.29, 1.82) is 0 Å². The number of nitrogens with zero attached hydrogens (tertiary/aromatic N) is 5. The van der Waals surface area contributed by atoms with Gasteiger partial charge in [-0.05, 0) is 18.9 Å². The van der Waals surface area contributed by atoms with Gasteiger partial charge in [0, 0.05) is 32.2 Å². The molecule has 3 heterocycles. The third kappa shape index (κ3) is 3.29. The lowest BCUT2D eigenvalue weighted by molar-refractivity contribution is -0.138. The number of ether oxygens (including phenoxy) is 1. The zero-order valence-corrected chi connectivity index (χ0v) is 15.8. The molecule has 2 fully saturated rings. The van der Waals surface area contributed by atoms with Gasteiger partial charge in [-0.1, -0.05) is 12.8 Å². The molecule has 1 saturated heterocycles. The van der Waals surface area contributed by atoms with Crippen LogP contribution in [0.5, 0.6) is 0 Å². The summed E-state index contributed by atoms with van der Waals surface area (Å²) in [6.07, 6.45) is 8.08. The van der Waals surface area contributed by atoms with Gasteiger partial charge >= 0.3 is 0 Å². The number of rotatable bonds is 3. The van der Waals surface area contributed by atoms with Gasteiger partial charge in [0.15, 0.2) is 5.65 Å². The molecule has 2 amide bonds. The molecule has 0 N–H and O–H groups in total. The molecular weight excluding hydrogens is 346 g/mol. The maximum absolute atomic E-state index is 13.1. The molecule has 2 aromatic heterocycles. The second-order valence-electron chi connectivity index (χ2n) is 7.49. The van der Waals surface area contributed by atoms with Gasteiger partial charge in [0.25, 0.3) is 5.91 Å². The number of hydrogen-bond acceptors (Lipinski definition) is 5. The molecule has 144 valence electrons.